The fraction of sp³-hybridized carbons (Fsp3) is 0.500. The number of ether oxygens (including phenoxy) is 1. The Balaban J connectivity index is 2.75. The lowest BCUT2D eigenvalue weighted by Gasteiger charge is -2.17. The van der Waals surface area contributed by atoms with Gasteiger partial charge in [-0.25, -0.2) is 4.99 Å². The zero-order valence-corrected chi connectivity index (χ0v) is 13.8. The van der Waals surface area contributed by atoms with Gasteiger partial charge in [0.25, 0.3) is 5.91 Å². The molecule has 122 valence electrons. The summed E-state index contributed by atoms with van der Waals surface area (Å²) in [5.74, 6) is 0.641. The molecular formula is C16H26N4O2. The van der Waals surface area contributed by atoms with E-state index in [1.54, 1.807) is 20.2 Å². The molecule has 1 amide bonds. The van der Waals surface area contributed by atoms with E-state index in [0.29, 0.717) is 18.7 Å². The van der Waals surface area contributed by atoms with Crippen molar-refractivity contribution >= 4 is 11.9 Å². The van der Waals surface area contributed by atoms with Gasteiger partial charge in [0.15, 0.2) is 5.96 Å². The molecule has 1 unspecified atom stereocenters. The lowest BCUT2D eigenvalue weighted by Crippen LogP contribution is -2.43. The number of hydrogen-bond acceptors (Lipinski definition) is 3. The van der Waals surface area contributed by atoms with Crippen LogP contribution in [0.1, 0.15) is 29.8 Å². The van der Waals surface area contributed by atoms with Crippen molar-refractivity contribution in [3.05, 3.63) is 35.4 Å². The SMILES string of the molecule is CCNC(=NCc1cccc(C(=O)NC)c1)NC(C)COC. The normalized spacial score (nSPS) is 12.6. The van der Waals surface area contributed by atoms with Gasteiger partial charge in [0.2, 0.25) is 0 Å². The van der Waals surface area contributed by atoms with Gasteiger partial charge in [-0.05, 0) is 31.5 Å². The van der Waals surface area contributed by atoms with Gasteiger partial charge in [0, 0.05) is 32.3 Å². The van der Waals surface area contributed by atoms with Crippen LogP contribution in [0, 0.1) is 0 Å². The van der Waals surface area contributed by atoms with Gasteiger partial charge in [-0.15, -0.1) is 0 Å². The predicted octanol–water partition coefficient (Wildman–Crippen LogP) is 1.14. The number of aliphatic imine (C=N–C) groups is 1. The van der Waals surface area contributed by atoms with Crippen molar-refractivity contribution in [3.63, 3.8) is 0 Å². The standard InChI is InChI=1S/C16H26N4O2/c1-5-18-16(20-12(2)11-22-4)19-10-13-7-6-8-14(9-13)15(21)17-3/h6-9,12H,5,10-11H2,1-4H3,(H,17,21)(H2,18,19,20). The monoisotopic (exact) mass is 306 g/mol. The summed E-state index contributed by atoms with van der Waals surface area (Å²) in [4.78, 5) is 16.2. The molecule has 0 aliphatic heterocycles. The first-order chi connectivity index (χ1) is 10.6. The van der Waals surface area contributed by atoms with E-state index in [1.807, 2.05) is 32.0 Å². The molecule has 0 aromatic heterocycles. The Labute approximate surface area is 132 Å². The van der Waals surface area contributed by atoms with Gasteiger partial charge in [-0.3, -0.25) is 4.79 Å². The van der Waals surface area contributed by atoms with Gasteiger partial charge in [0.05, 0.1) is 13.2 Å². The molecule has 6 nitrogen and oxygen atoms in total. The van der Waals surface area contributed by atoms with Crippen molar-refractivity contribution in [2.24, 2.45) is 4.99 Å². The topological polar surface area (TPSA) is 74.8 Å². The summed E-state index contributed by atoms with van der Waals surface area (Å²) in [7, 11) is 3.30. The average Bonchev–Trinajstić information content (AvgIpc) is 2.52. The highest BCUT2D eigenvalue weighted by Crippen LogP contribution is 2.06. The van der Waals surface area contributed by atoms with E-state index in [0.717, 1.165) is 18.1 Å². The quantitative estimate of drug-likeness (QED) is 0.521. The van der Waals surface area contributed by atoms with E-state index in [1.165, 1.54) is 0 Å². The first-order valence-corrected chi connectivity index (χ1v) is 7.45. The average molecular weight is 306 g/mol. The van der Waals surface area contributed by atoms with Crippen LogP contribution in [0.4, 0.5) is 0 Å². The molecular weight excluding hydrogens is 280 g/mol. The zero-order chi connectivity index (χ0) is 16.4. The Morgan fingerprint density at radius 1 is 1.41 bits per heavy atom. The highest BCUT2D eigenvalue weighted by Gasteiger charge is 2.06. The number of nitrogens with one attached hydrogen (secondary N) is 3. The molecule has 1 rings (SSSR count). The summed E-state index contributed by atoms with van der Waals surface area (Å²) in [5.41, 5.74) is 1.62. The molecule has 0 bridgehead atoms. The number of amides is 1. The van der Waals surface area contributed by atoms with E-state index in [-0.39, 0.29) is 11.9 Å². The van der Waals surface area contributed by atoms with Gasteiger partial charge in [-0.2, -0.15) is 0 Å². The van der Waals surface area contributed by atoms with Crippen molar-refractivity contribution in [1.29, 1.82) is 0 Å². The zero-order valence-electron chi connectivity index (χ0n) is 13.8. The van der Waals surface area contributed by atoms with Crippen LogP contribution in [-0.4, -0.2) is 45.2 Å². The third kappa shape index (κ3) is 6.13. The molecule has 1 aromatic rings. The Kier molecular flexibility index (Phi) is 7.99. The summed E-state index contributed by atoms with van der Waals surface area (Å²) in [6.45, 7) is 5.94. The Morgan fingerprint density at radius 2 is 2.18 bits per heavy atom. The van der Waals surface area contributed by atoms with Crippen LogP contribution in [0.3, 0.4) is 0 Å². The van der Waals surface area contributed by atoms with E-state index in [2.05, 4.69) is 20.9 Å². The summed E-state index contributed by atoms with van der Waals surface area (Å²) >= 11 is 0. The summed E-state index contributed by atoms with van der Waals surface area (Å²) < 4.78 is 5.11. The molecule has 6 heteroatoms. The lowest BCUT2D eigenvalue weighted by molar-refractivity contribution is 0.0963. The lowest BCUT2D eigenvalue weighted by atomic mass is 10.1. The first kappa shape index (κ1) is 18.0. The second-order valence-corrected chi connectivity index (χ2v) is 4.98. The maximum Gasteiger partial charge on any atom is 0.251 e. The highest BCUT2D eigenvalue weighted by atomic mass is 16.5. The van der Waals surface area contributed by atoms with E-state index >= 15 is 0 Å². The Hall–Kier alpha value is -2.08. The van der Waals surface area contributed by atoms with Crippen LogP contribution in [0.15, 0.2) is 29.3 Å². The van der Waals surface area contributed by atoms with Gasteiger partial charge in [0.1, 0.15) is 0 Å². The van der Waals surface area contributed by atoms with Gasteiger partial charge >= 0.3 is 0 Å². The Morgan fingerprint density at radius 3 is 2.82 bits per heavy atom. The van der Waals surface area contributed by atoms with E-state index in [9.17, 15) is 4.79 Å². The number of methoxy groups -OCH3 is 1. The van der Waals surface area contributed by atoms with E-state index in [4.69, 9.17) is 4.74 Å². The summed E-state index contributed by atoms with van der Waals surface area (Å²) in [5, 5.41) is 9.09. The van der Waals surface area contributed by atoms with Crippen molar-refractivity contribution < 1.29 is 9.53 Å². The molecule has 0 radical (unpaired) electrons. The number of benzene rings is 1. The minimum absolute atomic E-state index is 0.0930. The number of hydrogen-bond donors (Lipinski definition) is 3. The van der Waals surface area contributed by atoms with Crippen LogP contribution in [-0.2, 0) is 11.3 Å². The molecule has 0 saturated carbocycles. The van der Waals surface area contributed by atoms with Gasteiger partial charge < -0.3 is 20.7 Å². The molecule has 0 saturated heterocycles. The maximum absolute atomic E-state index is 11.6. The number of carbonyl (C=O) groups is 1. The number of guanidine groups is 1. The summed E-state index contributed by atoms with van der Waals surface area (Å²) in [6, 6.07) is 7.63. The molecule has 0 fully saturated rings. The minimum atomic E-state index is -0.0930. The molecule has 0 aliphatic carbocycles. The van der Waals surface area contributed by atoms with Gasteiger partial charge in [-0.1, -0.05) is 12.1 Å². The van der Waals surface area contributed by atoms with Crippen LogP contribution >= 0.6 is 0 Å². The molecule has 1 atom stereocenters. The van der Waals surface area contributed by atoms with Crippen LogP contribution in [0.2, 0.25) is 0 Å². The third-order valence-corrected chi connectivity index (χ3v) is 2.98. The number of nitrogens with zero attached hydrogens (tertiary/aromatic N) is 1. The minimum Gasteiger partial charge on any atom is -0.383 e. The fourth-order valence-corrected chi connectivity index (χ4v) is 1.97. The first-order valence-electron chi connectivity index (χ1n) is 7.45. The molecule has 1 aromatic carbocycles. The van der Waals surface area contributed by atoms with E-state index < -0.39 is 0 Å². The largest absolute Gasteiger partial charge is 0.383 e. The third-order valence-electron chi connectivity index (χ3n) is 2.98. The highest BCUT2D eigenvalue weighted by molar-refractivity contribution is 5.94. The smallest absolute Gasteiger partial charge is 0.251 e. The maximum atomic E-state index is 11.6. The summed E-state index contributed by atoms with van der Waals surface area (Å²) in [6.07, 6.45) is 0. The number of rotatable bonds is 7. The fourth-order valence-electron chi connectivity index (χ4n) is 1.97. The molecule has 0 heterocycles. The molecule has 0 aliphatic rings. The molecule has 0 spiro atoms. The second kappa shape index (κ2) is 9.78. The van der Waals surface area contributed by atoms with Crippen molar-refractivity contribution in [2.75, 3.05) is 27.3 Å². The Bertz CT molecular complexity index is 503. The second-order valence-electron chi connectivity index (χ2n) is 4.98. The van der Waals surface area contributed by atoms with Crippen molar-refractivity contribution in [3.8, 4) is 0 Å². The van der Waals surface area contributed by atoms with Crippen LogP contribution < -0.4 is 16.0 Å². The van der Waals surface area contributed by atoms with Crippen LogP contribution in [0.5, 0.6) is 0 Å². The predicted molar refractivity (Wildman–Crippen MR) is 89.1 cm³/mol. The number of carbonyl (C=O) groups excluding carboxylic acids is 1. The molecule has 3 N–H and O–H groups in total. The van der Waals surface area contributed by atoms with Crippen molar-refractivity contribution in [1.82, 2.24) is 16.0 Å². The van der Waals surface area contributed by atoms with Crippen LogP contribution in [0.25, 0.3) is 0 Å². The van der Waals surface area contributed by atoms with Crippen molar-refractivity contribution in [2.45, 2.75) is 26.4 Å². The molecule has 22 heavy (non-hydrogen) atoms.